The number of carboxylic acid groups (broad SMARTS) is 1. The van der Waals surface area contributed by atoms with Crippen LogP contribution in [0.4, 0.5) is 0 Å². The van der Waals surface area contributed by atoms with Crippen molar-refractivity contribution >= 4 is 72.6 Å². The van der Waals surface area contributed by atoms with Crippen LogP contribution in [-0.2, 0) is 4.79 Å². The normalized spacial score (nSPS) is 12.4. The number of ether oxygens (including phenoxy) is 1. The quantitative estimate of drug-likeness (QED) is 0.180. The summed E-state index contributed by atoms with van der Waals surface area (Å²) in [4.78, 5) is 29.2. The lowest BCUT2D eigenvalue weighted by atomic mass is 10.2. The molecule has 0 radical (unpaired) electrons. The second kappa shape index (κ2) is 9.86. The van der Waals surface area contributed by atoms with E-state index in [1.165, 1.54) is 17.8 Å². The van der Waals surface area contributed by atoms with Crippen molar-refractivity contribution in [3.63, 3.8) is 0 Å². The summed E-state index contributed by atoms with van der Waals surface area (Å²) in [7, 11) is 0. The molecule has 0 saturated heterocycles. The van der Waals surface area contributed by atoms with E-state index in [1.807, 2.05) is 30.3 Å². The van der Waals surface area contributed by atoms with Gasteiger partial charge >= 0.3 is 5.97 Å². The van der Waals surface area contributed by atoms with Gasteiger partial charge in [-0.05, 0) is 89.7 Å². The Balaban J connectivity index is 1.59. The van der Waals surface area contributed by atoms with E-state index in [0.29, 0.717) is 37.1 Å². The number of carbonyl (C=O) groups is 1. The summed E-state index contributed by atoms with van der Waals surface area (Å²) in [5, 5.41) is 14.8. The smallest absolute Gasteiger partial charge is 0.344 e. The largest absolute Gasteiger partial charge is 0.479 e. The number of benzene rings is 3. The monoisotopic (exact) mass is 657 g/mol. The van der Waals surface area contributed by atoms with Crippen molar-refractivity contribution in [1.82, 2.24) is 9.66 Å². The lowest BCUT2D eigenvalue weighted by Gasteiger charge is -2.12. The highest BCUT2D eigenvalue weighted by Crippen LogP contribution is 2.29. The summed E-state index contributed by atoms with van der Waals surface area (Å²) in [5.41, 5.74) is 1.55. The highest BCUT2D eigenvalue weighted by atomic mass is 127. The third-order valence-electron chi connectivity index (χ3n) is 5.38. The molecule has 2 heterocycles. The number of hydrogen-bond acceptors (Lipinski definition) is 6. The predicted octanol–water partition coefficient (Wildman–Crippen LogP) is 5.91. The molecule has 8 nitrogen and oxygen atoms in total. The molecule has 0 amide bonds. The van der Waals surface area contributed by atoms with Gasteiger partial charge in [-0.3, -0.25) is 4.79 Å². The fraction of sp³-hybridized carbons (Fsp3) is 0.0769. The molecule has 0 bridgehead atoms. The minimum atomic E-state index is -1.05. The molecule has 0 saturated carbocycles. The van der Waals surface area contributed by atoms with E-state index in [4.69, 9.17) is 14.3 Å². The molecule has 0 aliphatic rings. The number of hydrogen-bond donors (Lipinski definition) is 1. The first-order valence-corrected chi connectivity index (χ1v) is 12.6. The fourth-order valence-corrected chi connectivity index (χ4v) is 4.62. The van der Waals surface area contributed by atoms with Crippen LogP contribution in [0.2, 0.25) is 0 Å². The molecule has 0 spiro atoms. The van der Waals surface area contributed by atoms with Crippen LogP contribution in [0.1, 0.15) is 12.5 Å². The van der Waals surface area contributed by atoms with Crippen molar-refractivity contribution in [2.24, 2.45) is 5.10 Å². The van der Waals surface area contributed by atoms with Gasteiger partial charge in [-0.2, -0.15) is 9.78 Å². The van der Waals surface area contributed by atoms with E-state index in [9.17, 15) is 9.59 Å². The molecule has 10 heteroatoms. The van der Waals surface area contributed by atoms with Gasteiger partial charge in [-0.1, -0.05) is 28.1 Å². The van der Waals surface area contributed by atoms with E-state index in [1.54, 1.807) is 36.4 Å². The highest BCUT2D eigenvalue weighted by Gasteiger charge is 2.17. The van der Waals surface area contributed by atoms with Crippen LogP contribution in [0.25, 0.3) is 33.5 Å². The molecular weight excluding hydrogens is 641 g/mol. The van der Waals surface area contributed by atoms with Crippen molar-refractivity contribution in [1.29, 1.82) is 0 Å². The summed E-state index contributed by atoms with van der Waals surface area (Å²) in [6.07, 6.45) is 0.556. The van der Waals surface area contributed by atoms with Gasteiger partial charge in [0, 0.05) is 9.86 Å². The number of rotatable bonds is 6. The number of aromatic nitrogens is 2. The van der Waals surface area contributed by atoms with Gasteiger partial charge in [0.05, 0.1) is 20.7 Å². The van der Waals surface area contributed by atoms with E-state index >= 15 is 0 Å². The first kappa shape index (κ1) is 24.2. The topological polar surface area (TPSA) is 107 Å². The molecule has 0 unspecified atom stereocenters. The van der Waals surface area contributed by atoms with Gasteiger partial charge in [-0.25, -0.2) is 9.78 Å². The zero-order valence-corrected chi connectivity index (χ0v) is 22.4. The third kappa shape index (κ3) is 4.78. The molecule has 3 aromatic carbocycles. The Morgan fingerprint density at radius 1 is 1.19 bits per heavy atom. The van der Waals surface area contributed by atoms with Gasteiger partial charge in [0.15, 0.2) is 11.9 Å². The van der Waals surface area contributed by atoms with Crippen molar-refractivity contribution < 1.29 is 19.1 Å². The summed E-state index contributed by atoms with van der Waals surface area (Å²) in [6, 6.07) is 19.7. The van der Waals surface area contributed by atoms with Crippen molar-refractivity contribution in [2.45, 2.75) is 13.0 Å². The lowest BCUT2D eigenvalue weighted by Crippen LogP contribution is -2.23. The zero-order valence-electron chi connectivity index (χ0n) is 18.7. The van der Waals surface area contributed by atoms with Gasteiger partial charge in [-0.15, -0.1) is 0 Å². The molecule has 36 heavy (non-hydrogen) atoms. The van der Waals surface area contributed by atoms with Crippen LogP contribution >= 0.6 is 38.5 Å². The molecular formula is C26H17BrIN3O5. The molecule has 1 N–H and O–H groups in total. The summed E-state index contributed by atoms with van der Waals surface area (Å²) < 4.78 is 14.3. The third-order valence-corrected chi connectivity index (χ3v) is 6.72. The Kier molecular flexibility index (Phi) is 6.63. The van der Waals surface area contributed by atoms with Gasteiger partial charge < -0.3 is 14.3 Å². The fourth-order valence-electron chi connectivity index (χ4n) is 3.57. The molecule has 2 aromatic heterocycles. The molecule has 5 rings (SSSR count). The van der Waals surface area contributed by atoms with Crippen LogP contribution in [0.5, 0.6) is 5.75 Å². The van der Waals surface area contributed by atoms with Gasteiger partial charge in [0.2, 0.25) is 5.82 Å². The Hall–Kier alpha value is -3.51. The van der Waals surface area contributed by atoms with Crippen molar-refractivity contribution in [2.75, 3.05) is 0 Å². The Bertz CT molecular complexity index is 1730. The van der Waals surface area contributed by atoms with E-state index in [2.05, 4.69) is 48.6 Å². The Morgan fingerprint density at radius 3 is 2.78 bits per heavy atom. The number of furan rings is 1. The first-order chi connectivity index (χ1) is 17.3. The molecule has 180 valence electrons. The number of aliphatic carboxylic acids is 1. The van der Waals surface area contributed by atoms with Crippen LogP contribution in [0, 0.1) is 3.57 Å². The molecule has 0 fully saturated rings. The predicted molar refractivity (Wildman–Crippen MR) is 149 cm³/mol. The standard InChI is InChI=1S/C26H17BrIN3O5/c1-14(26(33)34)35-22-8-6-15(10-19(22)28)13-29-31-24(30-20-5-3-2-4-18(20)25(31)32)23-12-16-11-17(27)7-9-21(16)36-23/h2-14H,1H3,(H,33,34)/t14-/m1/s1. The van der Waals surface area contributed by atoms with E-state index in [0.717, 1.165) is 9.86 Å². The van der Waals surface area contributed by atoms with Crippen LogP contribution < -0.4 is 10.3 Å². The van der Waals surface area contributed by atoms with Gasteiger partial charge in [0.1, 0.15) is 11.3 Å². The number of para-hydroxylation sites is 1. The van der Waals surface area contributed by atoms with Gasteiger partial charge in [0.25, 0.3) is 5.56 Å². The minimum absolute atomic E-state index is 0.271. The second-order valence-corrected chi connectivity index (χ2v) is 9.97. The Labute approximate surface area is 226 Å². The molecule has 1 atom stereocenters. The maximum Gasteiger partial charge on any atom is 0.344 e. The number of carboxylic acids is 1. The summed E-state index contributed by atoms with van der Waals surface area (Å²) in [5.74, 6) is 0.0719. The number of nitrogens with zero attached hydrogens (tertiary/aromatic N) is 3. The second-order valence-electron chi connectivity index (χ2n) is 7.90. The number of halogens is 2. The maximum atomic E-state index is 13.4. The minimum Gasteiger partial charge on any atom is -0.479 e. The van der Waals surface area contributed by atoms with E-state index in [-0.39, 0.29) is 11.4 Å². The first-order valence-electron chi connectivity index (χ1n) is 10.7. The summed E-state index contributed by atoms with van der Waals surface area (Å²) >= 11 is 5.53. The van der Waals surface area contributed by atoms with Crippen LogP contribution in [0.3, 0.4) is 0 Å². The van der Waals surface area contributed by atoms with E-state index < -0.39 is 12.1 Å². The van der Waals surface area contributed by atoms with Crippen molar-refractivity contribution in [3.8, 4) is 17.3 Å². The average Bonchev–Trinajstić information content (AvgIpc) is 3.28. The zero-order chi connectivity index (χ0) is 25.4. The summed E-state index contributed by atoms with van der Waals surface area (Å²) in [6.45, 7) is 1.46. The van der Waals surface area contributed by atoms with Crippen LogP contribution in [0.15, 0.2) is 85.5 Å². The lowest BCUT2D eigenvalue weighted by molar-refractivity contribution is -0.144. The molecule has 5 aromatic rings. The Morgan fingerprint density at radius 2 is 2.00 bits per heavy atom. The molecule has 0 aliphatic heterocycles. The van der Waals surface area contributed by atoms with Crippen LogP contribution in [-0.4, -0.2) is 33.1 Å². The molecule has 0 aliphatic carbocycles. The highest BCUT2D eigenvalue weighted by molar-refractivity contribution is 14.1. The SMILES string of the molecule is C[C@@H](Oc1ccc(C=Nn2c(-c3cc4cc(Br)ccc4o3)nc3ccccc3c2=O)cc1I)C(=O)O. The van der Waals surface area contributed by atoms with Crippen molar-refractivity contribution in [3.05, 3.63) is 90.7 Å². The average molecular weight is 658 g/mol. The maximum absolute atomic E-state index is 13.4. The number of fused-ring (bicyclic) bond motifs is 2.